The molecule has 1 aliphatic carbocycles. The van der Waals surface area contributed by atoms with E-state index in [1.54, 1.807) is 0 Å². The summed E-state index contributed by atoms with van der Waals surface area (Å²) in [6.07, 6.45) is 10.7. The van der Waals surface area contributed by atoms with Crippen LogP contribution in [0.2, 0.25) is 10.0 Å². The summed E-state index contributed by atoms with van der Waals surface area (Å²) in [4.78, 5) is 0. The van der Waals surface area contributed by atoms with Crippen LogP contribution >= 0.6 is 23.2 Å². The molecule has 0 spiro atoms. The van der Waals surface area contributed by atoms with Gasteiger partial charge in [-0.1, -0.05) is 67.4 Å². The molecule has 1 nitrogen and oxygen atoms in total. The van der Waals surface area contributed by atoms with E-state index in [1.807, 2.05) is 19.2 Å². The molecule has 1 fully saturated rings. The number of benzene rings is 1. The molecule has 0 aliphatic heterocycles. The first-order valence-corrected chi connectivity index (χ1v) is 8.56. The fraction of sp³-hybridized carbons (Fsp3) is 0.647. The summed E-state index contributed by atoms with van der Waals surface area (Å²) in [7, 11) is 2.05. The zero-order chi connectivity index (χ0) is 14.4. The first-order valence-electron chi connectivity index (χ1n) is 7.81. The molecule has 20 heavy (non-hydrogen) atoms. The SMILES string of the molecule is CNC(CCC1CCCCC1)Cc1cccc(Cl)c1Cl. The van der Waals surface area contributed by atoms with Crippen molar-refractivity contribution >= 4 is 23.2 Å². The summed E-state index contributed by atoms with van der Waals surface area (Å²) in [5.41, 5.74) is 1.15. The summed E-state index contributed by atoms with van der Waals surface area (Å²) >= 11 is 12.4. The molecule has 0 radical (unpaired) electrons. The van der Waals surface area contributed by atoms with Crippen LogP contribution in [0.4, 0.5) is 0 Å². The number of likely N-dealkylation sites (N-methyl/N-ethyl adjacent to an activating group) is 1. The third-order valence-electron chi connectivity index (χ3n) is 4.55. The summed E-state index contributed by atoms with van der Waals surface area (Å²) in [6.45, 7) is 0. The van der Waals surface area contributed by atoms with Gasteiger partial charge in [0.05, 0.1) is 10.0 Å². The van der Waals surface area contributed by atoms with Crippen molar-refractivity contribution in [2.45, 2.75) is 57.4 Å². The van der Waals surface area contributed by atoms with Crippen LogP contribution in [0.15, 0.2) is 18.2 Å². The summed E-state index contributed by atoms with van der Waals surface area (Å²) < 4.78 is 0. The summed E-state index contributed by atoms with van der Waals surface area (Å²) in [6, 6.07) is 6.41. The van der Waals surface area contributed by atoms with E-state index in [-0.39, 0.29) is 0 Å². The molecule has 0 heterocycles. The normalized spacial score (nSPS) is 18.1. The number of halogens is 2. The fourth-order valence-corrected chi connectivity index (χ4v) is 3.63. The zero-order valence-corrected chi connectivity index (χ0v) is 13.8. The van der Waals surface area contributed by atoms with Gasteiger partial charge in [-0.15, -0.1) is 0 Å². The molecule has 1 unspecified atom stereocenters. The zero-order valence-electron chi connectivity index (χ0n) is 12.3. The van der Waals surface area contributed by atoms with Gasteiger partial charge in [0.2, 0.25) is 0 Å². The number of nitrogens with one attached hydrogen (secondary N) is 1. The molecular weight excluding hydrogens is 289 g/mol. The maximum absolute atomic E-state index is 6.28. The van der Waals surface area contributed by atoms with Gasteiger partial charge in [0.25, 0.3) is 0 Å². The topological polar surface area (TPSA) is 12.0 Å². The van der Waals surface area contributed by atoms with Crippen LogP contribution in [0, 0.1) is 5.92 Å². The summed E-state index contributed by atoms with van der Waals surface area (Å²) in [5, 5.41) is 4.81. The van der Waals surface area contributed by atoms with Crippen molar-refractivity contribution in [3.63, 3.8) is 0 Å². The van der Waals surface area contributed by atoms with E-state index in [0.717, 1.165) is 17.9 Å². The first-order chi connectivity index (χ1) is 9.70. The van der Waals surface area contributed by atoms with Crippen molar-refractivity contribution in [3.8, 4) is 0 Å². The summed E-state index contributed by atoms with van der Waals surface area (Å²) in [5.74, 6) is 0.939. The van der Waals surface area contributed by atoms with E-state index in [0.29, 0.717) is 16.1 Å². The van der Waals surface area contributed by atoms with Gasteiger partial charge in [0.1, 0.15) is 0 Å². The van der Waals surface area contributed by atoms with Crippen LogP contribution < -0.4 is 5.32 Å². The van der Waals surface area contributed by atoms with E-state index in [4.69, 9.17) is 23.2 Å². The van der Waals surface area contributed by atoms with Crippen molar-refractivity contribution in [2.24, 2.45) is 5.92 Å². The predicted octanol–water partition coefficient (Wildman–Crippen LogP) is 5.48. The number of hydrogen-bond acceptors (Lipinski definition) is 1. The minimum absolute atomic E-state index is 0.493. The highest BCUT2D eigenvalue weighted by Crippen LogP contribution is 2.30. The molecule has 3 heteroatoms. The molecule has 0 bridgehead atoms. The lowest BCUT2D eigenvalue weighted by Crippen LogP contribution is -2.28. The Hall–Kier alpha value is -0.240. The van der Waals surface area contributed by atoms with Gasteiger partial charge in [-0.3, -0.25) is 0 Å². The van der Waals surface area contributed by atoms with Crippen LogP contribution in [-0.2, 0) is 6.42 Å². The average Bonchev–Trinajstić information content (AvgIpc) is 2.49. The lowest BCUT2D eigenvalue weighted by atomic mass is 9.84. The lowest BCUT2D eigenvalue weighted by Gasteiger charge is -2.24. The number of rotatable bonds is 6. The molecule has 2 rings (SSSR count). The molecule has 1 aromatic carbocycles. The Labute approximate surface area is 133 Å². The van der Waals surface area contributed by atoms with E-state index in [2.05, 4.69) is 11.4 Å². The van der Waals surface area contributed by atoms with Crippen molar-refractivity contribution in [2.75, 3.05) is 7.05 Å². The average molecular weight is 314 g/mol. The van der Waals surface area contributed by atoms with E-state index >= 15 is 0 Å². The van der Waals surface area contributed by atoms with Crippen molar-refractivity contribution in [3.05, 3.63) is 33.8 Å². The van der Waals surface area contributed by atoms with Gasteiger partial charge in [-0.2, -0.15) is 0 Å². The van der Waals surface area contributed by atoms with Crippen LogP contribution in [0.25, 0.3) is 0 Å². The minimum Gasteiger partial charge on any atom is -0.317 e. The van der Waals surface area contributed by atoms with Crippen LogP contribution in [0.5, 0.6) is 0 Å². The molecular formula is C17H25Cl2N. The van der Waals surface area contributed by atoms with Crippen molar-refractivity contribution in [1.82, 2.24) is 5.32 Å². The second-order valence-corrected chi connectivity index (χ2v) is 6.77. The van der Waals surface area contributed by atoms with Crippen molar-refractivity contribution < 1.29 is 0 Å². The highest BCUT2D eigenvalue weighted by molar-refractivity contribution is 6.42. The highest BCUT2D eigenvalue weighted by atomic mass is 35.5. The Bertz CT molecular complexity index is 413. The maximum Gasteiger partial charge on any atom is 0.0624 e. The molecule has 0 aromatic heterocycles. The highest BCUT2D eigenvalue weighted by Gasteiger charge is 2.17. The van der Waals surface area contributed by atoms with Crippen LogP contribution in [-0.4, -0.2) is 13.1 Å². The Balaban J connectivity index is 1.86. The quantitative estimate of drug-likeness (QED) is 0.732. The maximum atomic E-state index is 6.28. The Morgan fingerprint density at radius 2 is 1.95 bits per heavy atom. The Kier molecular flexibility index (Phi) is 6.67. The Morgan fingerprint density at radius 1 is 1.20 bits per heavy atom. The van der Waals surface area contributed by atoms with E-state index < -0.39 is 0 Å². The molecule has 1 aliphatic rings. The van der Waals surface area contributed by atoms with E-state index in [1.165, 1.54) is 44.9 Å². The largest absolute Gasteiger partial charge is 0.317 e. The molecule has 112 valence electrons. The molecule has 1 atom stereocenters. The standard InChI is InChI=1S/C17H25Cl2N/c1-20-15(11-10-13-6-3-2-4-7-13)12-14-8-5-9-16(18)17(14)19/h5,8-9,13,15,20H,2-4,6-7,10-12H2,1H3. The monoisotopic (exact) mass is 313 g/mol. The van der Waals surface area contributed by atoms with E-state index in [9.17, 15) is 0 Å². The lowest BCUT2D eigenvalue weighted by molar-refractivity contribution is 0.316. The Morgan fingerprint density at radius 3 is 2.65 bits per heavy atom. The van der Waals surface area contributed by atoms with Gasteiger partial charge in [0, 0.05) is 6.04 Å². The smallest absolute Gasteiger partial charge is 0.0624 e. The fourth-order valence-electron chi connectivity index (χ4n) is 3.23. The molecule has 0 amide bonds. The first kappa shape index (κ1) is 16.1. The minimum atomic E-state index is 0.493. The predicted molar refractivity (Wildman–Crippen MR) is 88.8 cm³/mol. The van der Waals surface area contributed by atoms with Gasteiger partial charge >= 0.3 is 0 Å². The second-order valence-electron chi connectivity index (χ2n) is 5.98. The second kappa shape index (κ2) is 8.26. The van der Waals surface area contributed by atoms with Gasteiger partial charge in [-0.25, -0.2) is 0 Å². The molecule has 1 aromatic rings. The van der Waals surface area contributed by atoms with Gasteiger partial charge in [0.15, 0.2) is 0 Å². The van der Waals surface area contributed by atoms with Gasteiger partial charge < -0.3 is 5.32 Å². The molecule has 1 saturated carbocycles. The third kappa shape index (κ3) is 4.65. The van der Waals surface area contributed by atoms with Crippen LogP contribution in [0.3, 0.4) is 0 Å². The number of hydrogen-bond donors (Lipinski definition) is 1. The molecule has 1 N–H and O–H groups in total. The van der Waals surface area contributed by atoms with Crippen LogP contribution in [0.1, 0.15) is 50.5 Å². The van der Waals surface area contributed by atoms with Gasteiger partial charge in [-0.05, 0) is 43.9 Å². The molecule has 0 saturated heterocycles. The van der Waals surface area contributed by atoms with Crippen molar-refractivity contribution in [1.29, 1.82) is 0 Å². The third-order valence-corrected chi connectivity index (χ3v) is 5.41.